The maximum Gasteiger partial charge on any atom is 0.262 e. The third-order valence-electron chi connectivity index (χ3n) is 4.57. The van der Waals surface area contributed by atoms with Gasteiger partial charge in [-0.2, -0.15) is 5.26 Å². The van der Waals surface area contributed by atoms with Crippen LogP contribution < -0.4 is 5.32 Å². The molecular weight excluding hydrogens is 362 g/mol. The second-order valence-electron chi connectivity index (χ2n) is 6.54. The van der Waals surface area contributed by atoms with Crippen molar-refractivity contribution in [1.82, 2.24) is 10.2 Å². The Morgan fingerprint density at radius 3 is 2.63 bits per heavy atom. The highest BCUT2D eigenvalue weighted by Gasteiger charge is 2.13. The molecule has 0 bridgehead atoms. The average Bonchev–Trinajstić information content (AvgIpc) is 3.16. The van der Waals surface area contributed by atoms with Gasteiger partial charge in [-0.1, -0.05) is 18.0 Å². The number of rotatable bonds is 6. The Morgan fingerprint density at radius 2 is 1.93 bits per heavy atom. The van der Waals surface area contributed by atoms with Gasteiger partial charge < -0.3 is 14.6 Å². The van der Waals surface area contributed by atoms with E-state index in [1.54, 1.807) is 24.3 Å². The minimum atomic E-state index is -0.376. The number of nitrogens with one attached hydrogen (secondary N) is 1. The van der Waals surface area contributed by atoms with Gasteiger partial charge >= 0.3 is 0 Å². The summed E-state index contributed by atoms with van der Waals surface area (Å²) < 4.78 is 5.73. The predicted octanol–water partition coefficient (Wildman–Crippen LogP) is 4.11. The van der Waals surface area contributed by atoms with Crippen molar-refractivity contribution in [3.63, 3.8) is 0 Å². The molecule has 1 aromatic carbocycles. The Kier molecular flexibility index (Phi) is 6.69. The lowest BCUT2D eigenvalue weighted by Gasteiger charge is -2.26. The van der Waals surface area contributed by atoms with Crippen molar-refractivity contribution in [2.24, 2.45) is 0 Å². The van der Waals surface area contributed by atoms with E-state index >= 15 is 0 Å². The first-order chi connectivity index (χ1) is 13.2. The minimum Gasteiger partial charge on any atom is -0.457 e. The average molecular weight is 384 g/mol. The Hall–Kier alpha value is -2.55. The van der Waals surface area contributed by atoms with E-state index in [9.17, 15) is 10.1 Å². The van der Waals surface area contributed by atoms with E-state index in [2.05, 4.69) is 10.2 Å². The van der Waals surface area contributed by atoms with E-state index < -0.39 is 0 Å². The van der Waals surface area contributed by atoms with Gasteiger partial charge in [0.2, 0.25) is 0 Å². The summed E-state index contributed by atoms with van der Waals surface area (Å²) in [5, 5.41) is 12.8. The quantitative estimate of drug-likeness (QED) is 0.602. The molecule has 0 unspecified atom stereocenters. The maximum atomic E-state index is 12.3. The first-order valence-corrected chi connectivity index (χ1v) is 9.51. The second kappa shape index (κ2) is 9.40. The summed E-state index contributed by atoms with van der Waals surface area (Å²) in [6, 6.07) is 12.8. The third-order valence-corrected chi connectivity index (χ3v) is 4.82. The number of benzene rings is 1. The maximum absolute atomic E-state index is 12.3. The summed E-state index contributed by atoms with van der Waals surface area (Å²) in [6.45, 7) is 3.51. The van der Waals surface area contributed by atoms with Crippen molar-refractivity contribution in [2.45, 2.75) is 19.3 Å². The standard InChI is InChI=1S/C21H22ClN3O2/c22-18-6-4-16(5-7-18)20-9-8-19(27-20)14-17(15-23)21(26)24-10-13-25-11-2-1-3-12-25/h4-9,14H,1-3,10-13H2,(H,24,26)/b17-14+. The fourth-order valence-corrected chi connectivity index (χ4v) is 3.22. The monoisotopic (exact) mass is 383 g/mol. The van der Waals surface area contributed by atoms with E-state index in [-0.39, 0.29) is 11.5 Å². The highest BCUT2D eigenvalue weighted by atomic mass is 35.5. The van der Waals surface area contributed by atoms with Crippen LogP contribution in [-0.2, 0) is 4.79 Å². The molecule has 1 aliphatic rings. The SMILES string of the molecule is N#C/C(=C\c1ccc(-c2ccc(Cl)cc2)o1)C(=O)NCCN1CCCCC1. The molecule has 3 rings (SSSR count). The van der Waals surface area contributed by atoms with Gasteiger partial charge in [-0.15, -0.1) is 0 Å². The van der Waals surface area contributed by atoms with E-state index in [1.807, 2.05) is 18.2 Å². The Labute approximate surface area is 164 Å². The van der Waals surface area contributed by atoms with Crippen molar-refractivity contribution in [3.8, 4) is 17.4 Å². The van der Waals surface area contributed by atoms with Crippen LogP contribution in [0, 0.1) is 11.3 Å². The van der Waals surface area contributed by atoms with Crippen LogP contribution in [0.3, 0.4) is 0 Å². The van der Waals surface area contributed by atoms with Crippen LogP contribution in [0.2, 0.25) is 5.02 Å². The number of hydrogen-bond acceptors (Lipinski definition) is 4. The number of nitriles is 1. The van der Waals surface area contributed by atoms with Gasteiger partial charge in [0, 0.05) is 29.8 Å². The van der Waals surface area contributed by atoms with Gasteiger partial charge in [0.25, 0.3) is 5.91 Å². The number of likely N-dealkylation sites (tertiary alicyclic amines) is 1. The van der Waals surface area contributed by atoms with Gasteiger partial charge in [0.1, 0.15) is 23.2 Å². The van der Waals surface area contributed by atoms with E-state index in [1.165, 1.54) is 25.3 Å². The lowest BCUT2D eigenvalue weighted by atomic mass is 10.1. The van der Waals surface area contributed by atoms with Crippen LogP contribution in [0.1, 0.15) is 25.0 Å². The molecule has 140 valence electrons. The largest absolute Gasteiger partial charge is 0.457 e. The molecule has 0 aliphatic carbocycles. The van der Waals surface area contributed by atoms with Crippen LogP contribution >= 0.6 is 11.6 Å². The van der Waals surface area contributed by atoms with Crippen LogP contribution in [0.5, 0.6) is 0 Å². The van der Waals surface area contributed by atoms with Crippen LogP contribution in [-0.4, -0.2) is 37.0 Å². The molecule has 2 heterocycles. The van der Waals surface area contributed by atoms with E-state index in [0.29, 0.717) is 23.1 Å². The minimum absolute atomic E-state index is 0.0330. The molecule has 1 saturated heterocycles. The molecule has 0 saturated carbocycles. The van der Waals surface area contributed by atoms with Gasteiger partial charge in [-0.05, 0) is 62.3 Å². The Bertz CT molecular complexity index is 843. The smallest absolute Gasteiger partial charge is 0.262 e. The summed E-state index contributed by atoms with van der Waals surface area (Å²) in [7, 11) is 0. The van der Waals surface area contributed by atoms with E-state index in [0.717, 1.165) is 25.2 Å². The fourth-order valence-electron chi connectivity index (χ4n) is 3.10. The number of carbonyl (C=O) groups is 1. The zero-order valence-electron chi connectivity index (χ0n) is 15.1. The van der Waals surface area contributed by atoms with Gasteiger partial charge in [0.05, 0.1) is 0 Å². The topological polar surface area (TPSA) is 69.3 Å². The number of amides is 1. The van der Waals surface area contributed by atoms with Gasteiger partial charge in [-0.25, -0.2) is 0 Å². The number of furan rings is 1. The highest BCUT2D eigenvalue weighted by Crippen LogP contribution is 2.24. The molecule has 2 aromatic rings. The molecule has 1 aromatic heterocycles. The predicted molar refractivity (Wildman–Crippen MR) is 106 cm³/mol. The molecule has 5 nitrogen and oxygen atoms in total. The Balaban J connectivity index is 1.59. The van der Waals surface area contributed by atoms with Crippen LogP contribution in [0.4, 0.5) is 0 Å². The number of halogens is 1. The summed E-state index contributed by atoms with van der Waals surface area (Å²) >= 11 is 5.89. The van der Waals surface area contributed by atoms with E-state index in [4.69, 9.17) is 16.0 Å². The fraction of sp³-hybridized carbons (Fsp3) is 0.333. The number of piperidine rings is 1. The first-order valence-electron chi connectivity index (χ1n) is 9.14. The van der Waals surface area contributed by atoms with Gasteiger partial charge in [0.15, 0.2) is 0 Å². The first kappa shape index (κ1) is 19.2. The number of carbonyl (C=O) groups excluding carboxylic acids is 1. The Morgan fingerprint density at radius 1 is 1.19 bits per heavy atom. The van der Waals surface area contributed by atoms with Crippen molar-refractivity contribution < 1.29 is 9.21 Å². The molecule has 0 atom stereocenters. The summed E-state index contributed by atoms with van der Waals surface area (Å²) in [5.41, 5.74) is 0.911. The van der Waals surface area contributed by atoms with Crippen molar-refractivity contribution in [2.75, 3.05) is 26.2 Å². The lowest BCUT2D eigenvalue weighted by Crippen LogP contribution is -2.37. The third kappa shape index (κ3) is 5.46. The van der Waals surface area contributed by atoms with Crippen LogP contribution in [0.25, 0.3) is 17.4 Å². The molecule has 0 spiro atoms. The zero-order chi connectivity index (χ0) is 19.1. The summed E-state index contributed by atoms with van der Waals surface area (Å²) in [6.07, 6.45) is 5.18. The zero-order valence-corrected chi connectivity index (χ0v) is 15.8. The van der Waals surface area contributed by atoms with Crippen molar-refractivity contribution in [3.05, 3.63) is 52.8 Å². The molecule has 6 heteroatoms. The molecule has 1 aliphatic heterocycles. The molecule has 27 heavy (non-hydrogen) atoms. The molecule has 1 N–H and O–H groups in total. The van der Waals surface area contributed by atoms with Crippen molar-refractivity contribution in [1.29, 1.82) is 5.26 Å². The second-order valence-corrected chi connectivity index (χ2v) is 6.97. The van der Waals surface area contributed by atoms with Crippen molar-refractivity contribution >= 4 is 23.6 Å². The molecule has 1 amide bonds. The highest BCUT2D eigenvalue weighted by molar-refractivity contribution is 6.30. The molecular formula is C21H22ClN3O2. The normalized spacial score (nSPS) is 15.3. The molecule has 1 fully saturated rings. The summed E-state index contributed by atoms with van der Waals surface area (Å²) in [5.74, 6) is 0.738. The number of hydrogen-bond donors (Lipinski definition) is 1. The number of nitrogens with zero attached hydrogens (tertiary/aromatic N) is 2. The lowest BCUT2D eigenvalue weighted by molar-refractivity contribution is -0.117. The van der Waals surface area contributed by atoms with Crippen LogP contribution in [0.15, 0.2) is 46.4 Å². The molecule has 0 radical (unpaired) electrons. The summed E-state index contributed by atoms with van der Waals surface area (Å²) in [4.78, 5) is 14.6. The van der Waals surface area contributed by atoms with Gasteiger partial charge in [-0.3, -0.25) is 4.79 Å².